The summed E-state index contributed by atoms with van der Waals surface area (Å²) in [5.74, 6) is -0.153. The van der Waals surface area contributed by atoms with Gasteiger partial charge in [0.2, 0.25) is 0 Å². The first-order chi connectivity index (χ1) is 8.08. The molecule has 1 rings (SSSR count). The lowest BCUT2D eigenvalue weighted by Gasteiger charge is -2.16. The van der Waals surface area contributed by atoms with Crippen LogP contribution >= 0.6 is 11.6 Å². The van der Waals surface area contributed by atoms with Crippen LogP contribution in [-0.2, 0) is 0 Å². The third-order valence-corrected chi connectivity index (χ3v) is 2.73. The average molecular weight is 258 g/mol. The van der Waals surface area contributed by atoms with E-state index in [9.17, 15) is 15.0 Å². The van der Waals surface area contributed by atoms with E-state index < -0.39 is 5.91 Å². The molecule has 1 amide bonds. The third-order valence-electron chi connectivity index (χ3n) is 2.51. The largest absolute Gasteiger partial charge is 0.508 e. The monoisotopic (exact) mass is 257 g/mol. The molecule has 94 valence electrons. The van der Waals surface area contributed by atoms with Gasteiger partial charge in [0.15, 0.2) is 0 Å². The minimum Gasteiger partial charge on any atom is -0.508 e. The fourth-order valence-corrected chi connectivity index (χ4v) is 1.74. The van der Waals surface area contributed by atoms with E-state index in [1.165, 1.54) is 18.2 Å². The second kappa shape index (κ2) is 6.35. The SMILES string of the molecule is CCC(CCCl)NC(=O)c1cc(O)ccc1O. The van der Waals surface area contributed by atoms with Crippen LogP contribution in [0.1, 0.15) is 30.1 Å². The predicted molar refractivity (Wildman–Crippen MR) is 66.7 cm³/mol. The molecule has 5 heteroatoms. The number of amides is 1. The summed E-state index contributed by atoms with van der Waals surface area (Å²) in [6.45, 7) is 1.94. The van der Waals surface area contributed by atoms with Crippen molar-refractivity contribution in [2.24, 2.45) is 0 Å². The molecule has 3 N–H and O–H groups in total. The Morgan fingerprint density at radius 3 is 2.76 bits per heavy atom. The summed E-state index contributed by atoms with van der Waals surface area (Å²) in [7, 11) is 0. The number of benzene rings is 1. The van der Waals surface area contributed by atoms with Gasteiger partial charge in [0.25, 0.3) is 5.91 Å². The van der Waals surface area contributed by atoms with E-state index in [0.717, 1.165) is 6.42 Å². The lowest BCUT2D eigenvalue weighted by Crippen LogP contribution is -2.34. The maximum Gasteiger partial charge on any atom is 0.255 e. The van der Waals surface area contributed by atoms with Crippen LogP contribution in [0.4, 0.5) is 0 Å². The fourth-order valence-electron chi connectivity index (χ4n) is 1.48. The van der Waals surface area contributed by atoms with Gasteiger partial charge in [0.1, 0.15) is 11.5 Å². The maximum atomic E-state index is 11.8. The Morgan fingerprint density at radius 1 is 1.47 bits per heavy atom. The molecule has 0 heterocycles. The summed E-state index contributed by atoms with van der Waals surface area (Å²) in [6, 6.07) is 3.81. The van der Waals surface area contributed by atoms with Crippen molar-refractivity contribution in [3.05, 3.63) is 23.8 Å². The van der Waals surface area contributed by atoms with Crippen molar-refractivity contribution in [1.29, 1.82) is 0 Å². The standard InChI is InChI=1S/C12H16ClNO3/c1-2-8(5-6-13)14-12(17)10-7-9(15)3-4-11(10)16/h3-4,7-8,15-16H,2,5-6H2,1H3,(H,14,17). The molecule has 0 aromatic heterocycles. The van der Waals surface area contributed by atoms with Crippen LogP contribution < -0.4 is 5.32 Å². The Hall–Kier alpha value is -1.42. The number of alkyl halides is 1. The third kappa shape index (κ3) is 3.82. The first-order valence-corrected chi connectivity index (χ1v) is 6.00. The minimum absolute atomic E-state index is 0.0262. The molecule has 0 saturated heterocycles. The Balaban J connectivity index is 2.78. The van der Waals surface area contributed by atoms with E-state index >= 15 is 0 Å². The van der Waals surface area contributed by atoms with Crippen molar-refractivity contribution in [2.45, 2.75) is 25.8 Å². The van der Waals surface area contributed by atoms with Crippen LogP contribution in [0.2, 0.25) is 0 Å². The maximum absolute atomic E-state index is 11.8. The number of carbonyl (C=O) groups excluding carboxylic acids is 1. The molecule has 0 spiro atoms. The number of phenolic OH excluding ortho intramolecular Hbond substituents is 2. The van der Waals surface area contributed by atoms with Crippen molar-refractivity contribution >= 4 is 17.5 Å². The van der Waals surface area contributed by atoms with Gasteiger partial charge in [-0.3, -0.25) is 4.79 Å². The van der Waals surface area contributed by atoms with E-state index in [1.807, 2.05) is 6.92 Å². The fraction of sp³-hybridized carbons (Fsp3) is 0.417. The van der Waals surface area contributed by atoms with Crippen molar-refractivity contribution in [1.82, 2.24) is 5.32 Å². The van der Waals surface area contributed by atoms with Gasteiger partial charge in [-0.2, -0.15) is 0 Å². The zero-order valence-electron chi connectivity index (χ0n) is 9.61. The summed E-state index contributed by atoms with van der Waals surface area (Å²) in [4.78, 5) is 11.8. The van der Waals surface area contributed by atoms with Gasteiger partial charge in [-0.05, 0) is 31.0 Å². The van der Waals surface area contributed by atoms with E-state index in [-0.39, 0.29) is 23.1 Å². The molecule has 1 aromatic rings. The normalized spacial score (nSPS) is 12.1. The molecule has 0 aliphatic rings. The number of hydrogen-bond donors (Lipinski definition) is 3. The topological polar surface area (TPSA) is 69.6 Å². The van der Waals surface area contributed by atoms with Gasteiger partial charge in [-0.1, -0.05) is 6.92 Å². The lowest BCUT2D eigenvalue weighted by atomic mass is 10.1. The van der Waals surface area contributed by atoms with Gasteiger partial charge in [0, 0.05) is 11.9 Å². The quantitative estimate of drug-likeness (QED) is 0.560. The number of aromatic hydroxyl groups is 2. The molecule has 1 atom stereocenters. The highest BCUT2D eigenvalue weighted by atomic mass is 35.5. The Bertz CT molecular complexity index is 395. The first kappa shape index (κ1) is 13.6. The summed E-state index contributed by atoms with van der Waals surface area (Å²) in [6.07, 6.45) is 1.43. The number of halogens is 1. The van der Waals surface area contributed by atoms with Crippen molar-refractivity contribution < 1.29 is 15.0 Å². The van der Waals surface area contributed by atoms with Gasteiger partial charge < -0.3 is 15.5 Å². The Kier molecular flexibility index (Phi) is 5.10. The second-order valence-corrected chi connectivity index (χ2v) is 4.14. The van der Waals surface area contributed by atoms with E-state index in [0.29, 0.717) is 12.3 Å². The summed E-state index contributed by atoms with van der Waals surface area (Å²) < 4.78 is 0. The molecule has 0 aliphatic carbocycles. The van der Waals surface area contributed by atoms with Crippen LogP contribution in [0.5, 0.6) is 11.5 Å². The Labute approximate surface area is 105 Å². The Morgan fingerprint density at radius 2 is 2.18 bits per heavy atom. The smallest absolute Gasteiger partial charge is 0.255 e. The van der Waals surface area contributed by atoms with Gasteiger partial charge in [-0.25, -0.2) is 0 Å². The highest BCUT2D eigenvalue weighted by Crippen LogP contribution is 2.22. The van der Waals surface area contributed by atoms with Gasteiger partial charge in [-0.15, -0.1) is 11.6 Å². The molecule has 0 bridgehead atoms. The van der Waals surface area contributed by atoms with E-state index in [2.05, 4.69) is 5.32 Å². The zero-order valence-corrected chi connectivity index (χ0v) is 10.4. The molecule has 0 saturated carbocycles. The number of hydrogen-bond acceptors (Lipinski definition) is 3. The molecule has 1 aromatic carbocycles. The molecule has 0 fully saturated rings. The molecule has 17 heavy (non-hydrogen) atoms. The molecular formula is C12H16ClNO3. The number of rotatable bonds is 5. The molecule has 1 unspecified atom stereocenters. The van der Waals surface area contributed by atoms with Crippen LogP contribution in [0.15, 0.2) is 18.2 Å². The lowest BCUT2D eigenvalue weighted by molar-refractivity contribution is 0.0932. The van der Waals surface area contributed by atoms with Crippen LogP contribution in [0.25, 0.3) is 0 Å². The van der Waals surface area contributed by atoms with E-state index in [1.54, 1.807) is 0 Å². The van der Waals surface area contributed by atoms with Crippen LogP contribution in [0, 0.1) is 0 Å². The first-order valence-electron chi connectivity index (χ1n) is 5.47. The predicted octanol–water partition coefficient (Wildman–Crippen LogP) is 2.24. The van der Waals surface area contributed by atoms with E-state index in [4.69, 9.17) is 11.6 Å². The summed E-state index contributed by atoms with van der Waals surface area (Å²) >= 11 is 5.62. The minimum atomic E-state index is -0.407. The van der Waals surface area contributed by atoms with Crippen LogP contribution in [0.3, 0.4) is 0 Å². The average Bonchev–Trinajstić information content (AvgIpc) is 2.31. The molecule has 0 aliphatic heterocycles. The highest BCUT2D eigenvalue weighted by molar-refractivity contribution is 6.17. The zero-order chi connectivity index (χ0) is 12.8. The summed E-state index contributed by atoms with van der Waals surface area (Å²) in [5, 5.41) is 21.5. The van der Waals surface area contributed by atoms with Crippen molar-refractivity contribution in [2.75, 3.05) is 5.88 Å². The summed E-state index contributed by atoms with van der Waals surface area (Å²) in [5.41, 5.74) is 0.0676. The number of phenols is 2. The van der Waals surface area contributed by atoms with Crippen molar-refractivity contribution in [3.8, 4) is 11.5 Å². The molecule has 0 radical (unpaired) electrons. The molecule has 4 nitrogen and oxygen atoms in total. The van der Waals surface area contributed by atoms with Crippen molar-refractivity contribution in [3.63, 3.8) is 0 Å². The molecular weight excluding hydrogens is 242 g/mol. The number of nitrogens with one attached hydrogen (secondary N) is 1. The van der Waals surface area contributed by atoms with Gasteiger partial charge >= 0.3 is 0 Å². The van der Waals surface area contributed by atoms with Crippen LogP contribution in [-0.4, -0.2) is 28.0 Å². The van der Waals surface area contributed by atoms with Gasteiger partial charge in [0.05, 0.1) is 5.56 Å². The second-order valence-electron chi connectivity index (χ2n) is 3.76. The number of carbonyl (C=O) groups is 1. The highest BCUT2D eigenvalue weighted by Gasteiger charge is 2.15.